The fourth-order valence-electron chi connectivity index (χ4n) is 2.88. The highest BCUT2D eigenvalue weighted by atomic mass is 35.5. The molecule has 1 fully saturated rings. The smallest absolute Gasteiger partial charge is 0.191 e. The third-order valence-electron chi connectivity index (χ3n) is 4.99. The van der Waals surface area contributed by atoms with E-state index in [0.717, 1.165) is 30.4 Å². The molecule has 7 heteroatoms. The number of sulfone groups is 1. The molecule has 0 aromatic heterocycles. The fourth-order valence-corrected chi connectivity index (χ4v) is 4.00. The van der Waals surface area contributed by atoms with E-state index in [-0.39, 0.29) is 16.6 Å². The number of nitrogens with one attached hydrogen (secondary N) is 2. The number of nitrogens with zero attached hydrogens (tertiary/aromatic N) is 1. The Bertz CT molecular complexity index is 756. The van der Waals surface area contributed by atoms with Crippen LogP contribution in [0.4, 0.5) is 0 Å². The summed E-state index contributed by atoms with van der Waals surface area (Å²) in [5, 5.41) is 7.51. The van der Waals surface area contributed by atoms with Gasteiger partial charge in [-0.25, -0.2) is 8.42 Å². The van der Waals surface area contributed by atoms with Gasteiger partial charge in [0.05, 0.1) is 5.75 Å². The quantitative estimate of drug-likeness (QED) is 0.520. The highest BCUT2D eigenvalue weighted by Crippen LogP contribution is 2.48. The van der Waals surface area contributed by atoms with Gasteiger partial charge in [-0.1, -0.05) is 37.6 Å². The van der Waals surface area contributed by atoms with Crippen LogP contribution in [0.15, 0.2) is 29.3 Å². The molecule has 1 aliphatic carbocycles. The molecule has 26 heavy (non-hydrogen) atoms. The standard InChI is InChI=1S/C19H30ClN3O2S/c1-18(2,10-11-26(4,24)25)13-22-17(21-3)23-14-19(8-9-19)15-6-5-7-16(20)12-15/h5-7,12H,8-11,13-14H2,1-4H3,(H2,21,22,23). The van der Waals surface area contributed by atoms with Gasteiger partial charge in [-0.3, -0.25) is 4.99 Å². The van der Waals surface area contributed by atoms with Crippen LogP contribution in [-0.4, -0.2) is 46.5 Å². The zero-order chi connectivity index (χ0) is 19.4. The van der Waals surface area contributed by atoms with Crippen LogP contribution in [0.1, 0.15) is 38.7 Å². The van der Waals surface area contributed by atoms with Gasteiger partial charge < -0.3 is 10.6 Å². The summed E-state index contributed by atoms with van der Waals surface area (Å²) in [7, 11) is -1.19. The van der Waals surface area contributed by atoms with Crippen molar-refractivity contribution in [3.8, 4) is 0 Å². The number of hydrogen-bond donors (Lipinski definition) is 2. The van der Waals surface area contributed by atoms with Gasteiger partial charge in [0.1, 0.15) is 9.84 Å². The maximum Gasteiger partial charge on any atom is 0.191 e. The van der Waals surface area contributed by atoms with Gasteiger partial charge in [-0.15, -0.1) is 0 Å². The van der Waals surface area contributed by atoms with Crippen molar-refractivity contribution in [3.63, 3.8) is 0 Å². The summed E-state index contributed by atoms with van der Waals surface area (Å²) >= 11 is 6.13. The van der Waals surface area contributed by atoms with Gasteiger partial charge in [0.2, 0.25) is 0 Å². The first-order valence-electron chi connectivity index (χ1n) is 8.94. The lowest BCUT2D eigenvalue weighted by atomic mass is 9.90. The molecule has 0 unspecified atom stereocenters. The SMILES string of the molecule is CN=C(NCC(C)(C)CCS(C)(=O)=O)NCC1(c2cccc(Cl)c2)CC1. The molecule has 1 aromatic rings. The Morgan fingerprint density at radius 1 is 1.31 bits per heavy atom. The summed E-state index contributed by atoms with van der Waals surface area (Å²) in [6.45, 7) is 5.59. The maximum atomic E-state index is 11.4. The van der Waals surface area contributed by atoms with Crippen molar-refractivity contribution in [2.24, 2.45) is 10.4 Å². The van der Waals surface area contributed by atoms with Crippen molar-refractivity contribution >= 4 is 27.4 Å². The zero-order valence-corrected chi connectivity index (χ0v) is 17.7. The van der Waals surface area contributed by atoms with E-state index in [9.17, 15) is 8.42 Å². The van der Waals surface area contributed by atoms with Crippen molar-refractivity contribution < 1.29 is 8.42 Å². The summed E-state index contributed by atoms with van der Waals surface area (Å²) in [6, 6.07) is 8.06. The molecule has 0 saturated heterocycles. The highest BCUT2D eigenvalue weighted by molar-refractivity contribution is 7.90. The van der Waals surface area contributed by atoms with E-state index in [0.29, 0.717) is 13.0 Å². The Morgan fingerprint density at radius 3 is 2.54 bits per heavy atom. The average Bonchev–Trinajstić information content (AvgIpc) is 3.34. The minimum absolute atomic E-state index is 0.133. The molecule has 1 aromatic carbocycles. The van der Waals surface area contributed by atoms with Crippen LogP contribution in [0.2, 0.25) is 5.02 Å². The van der Waals surface area contributed by atoms with Crippen molar-refractivity contribution in [1.29, 1.82) is 0 Å². The number of aliphatic imine (C=N–C) groups is 1. The van der Waals surface area contributed by atoms with Gasteiger partial charge in [0, 0.05) is 36.8 Å². The monoisotopic (exact) mass is 399 g/mol. The summed E-state index contributed by atoms with van der Waals surface area (Å²) in [4.78, 5) is 4.29. The minimum atomic E-state index is -2.94. The third-order valence-corrected chi connectivity index (χ3v) is 6.17. The van der Waals surface area contributed by atoms with Crippen molar-refractivity contribution in [2.75, 3.05) is 32.1 Å². The van der Waals surface area contributed by atoms with E-state index in [1.54, 1.807) is 7.05 Å². The molecule has 0 atom stereocenters. The average molecular weight is 400 g/mol. The number of hydrogen-bond acceptors (Lipinski definition) is 3. The molecule has 1 saturated carbocycles. The molecule has 0 bridgehead atoms. The Labute approximate surface area is 162 Å². The molecular weight excluding hydrogens is 370 g/mol. The number of benzene rings is 1. The van der Waals surface area contributed by atoms with Crippen LogP contribution in [0.25, 0.3) is 0 Å². The number of guanidine groups is 1. The van der Waals surface area contributed by atoms with E-state index in [2.05, 4.69) is 35.5 Å². The van der Waals surface area contributed by atoms with Crippen molar-refractivity contribution in [2.45, 2.75) is 38.5 Å². The summed E-state index contributed by atoms with van der Waals surface area (Å²) < 4.78 is 22.8. The van der Waals surface area contributed by atoms with E-state index in [1.165, 1.54) is 11.8 Å². The molecule has 1 aliphatic rings. The summed E-state index contributed by atoms with van der Waals surface area (Å²) in [5.74, 6) is 0.941. The lowest BCUT2D eigenvalue weighted by Crippen LogP contribution is -2.44. The van der Waals surface area contributed by atoms with Crippen molar-refractivity contribution in [1.82, 2.24) is 10.6 Å². The lowest BCUT2D eigenvalue weighted by Gasteiger charge is -2.26. The topological polar surface area (TPSA) is 70.6 Å². The molecule has 2 N–H and O–H groups in total. The summed E-state index contributed by atoms with van der Waals surface area (Å²) in [6.07, 6.45) is 4.17. The van der Waals surface area contributed by atoms with Gasteiger partial charge in [-0.2, -0.15) is 0 Å². The molecule has 0 amide bonds. The van der Waals surface area contributed by atoms with Crippen LogP contribution in [0.5, 0.6) is 0 Å². The molecule has 5 nitrogen and oxygen atoms in total. The minimum Gasteiger partial charge on any atom is -0.356 e. The van der Waals surface area contributed by atoms with E-state index >= 15 is 0 Å². The van der Waals surface area contributed by atoms with Gasteiger partial charge >= 0.3 is 0 Å². The lowest BCUT2D eigenvalue weighted by molar-refractivity contribution is 0.348. The zero-order valence-electron chi connectivity index (χ0n) is 16.1. The van der Waals surface area contributed by atoms with Crippen LogP contribution in [-0.2, 0) is 15.3 Å². The first-order valence-corrected chi connectivity index (χ1v) is 11.4. The van der Waals surface area contributed by atoms with Crippen LogP contribution < -0.4 is 10.6 Å². The Hall–Kier alpha value is -1.27. The van der Waals surface area contributed by atoms with Gasteiger partial charge in [-0.05, 0) is 42.4 Å². The number of halogens is 1. The molecule has 0 radical (unpaired) electrons. The van der Waals surface area contributed by atoms with E-state index in [4.69, 9.17) is 11.6 Å². The second-order valence-corrected chi connectivity index (χ2v) is 10.8. The normalized spacial score (nSPS) is 17.0. The third kappa shape index (κ3) is 6.47. The second kappa shape index (κ2) is 8.17. The molecule has 0 heterocycles. The van der Waals surface area contributed by atoms with Gasteiger partial charge in [0.25, 0.3) is 0 Å². The predicted molar refractivity (Wildman–Crippen MR) is 110 cm³/mol. The van der Waals surface area contributed by atoms with E-state index in [1.807, 2.05) is 18.2 Å². The molecular formula is C19H30ClN3O2S. The Balaban J connectivity index is 1.86. The first kappa shape index (κ1) is 21.0. The number of rotatable bonds is 8. The highest BCUT2D eigenvalue weighted by Gasteiger charge is 2.44. The Morgan fingerprint density at radius 2 is 2.00 bits per heavy atom. The van der Waals surface area contributed by atoms with Crippen LogP contribution in [0, 0.1) is 5.41 Å². The van der Waals surface area contributed by atoms with Gasteiger partial charge in [0.15, 0.2) is 5.96 Å². The maximum absolute atomic E-state index is 11.4. The molecule has 0 aliphatic heterocycles. The predicted octanol–water partition coefficient (Wildman–Crippen LogP) is 3.00. The summed E-state index contributed by atoms with van der Waals surface area (Å²) in [5.41, 5.74) is 1.26. The molecule has 146 valence electrons. The first-order chi connectivity index (χ1) is 12.1. The molecule has 2 rings (SSSR count). The van der Waals surface area contributed by atoms with E-state index < -0.39 is 9.84 Å². The molecule has 0 spiro atoms. The van der Waals surface area contributed by atoms with Crippen LogP contribution >= 0.6 is 11.6 Å². The largest absolute Gasteiger partial charge is 0.356 e. The Kier molecular flexibility index (Phi) is 6.61. The van der Waals surface area contributed by atoms with Crippen molar-refractivity contribution in [3.05, 3.63) is 34.9 Å². The fraction of sp³-hybridized carbons (Fsp3) is 0.632. The van der Waals surface area contributed by atoms with Crippen LogP contribution in [0.3, 0.4) is 0 Å². The second-order valence-electron chi connectivity index (χ2n) is 8.11.